The first-order valence-corrected chi connectivity index (χ1v) is 7.39. The van der Waals surface area contributed by atoms with Crippen LogP contribution in [0.5, 0.6) is 0 Å². The van der Waals surface area contributed by atoms with E-state index in [4.69, 9.17) is 4.42 Å². The summed E-state index contributed by atoms with van der Waals surface area (Å²) in [5.41, 5.74) is 1.97. The van der Waals surface area contributed by atoms with Crippen molar-refractivity contribution in [3.8, 4) is 11.3 Å². The fourth-order valence-corrected chi connectivity index (χ4v) is 2.16. The average Bonchev–Trinajstić information content (AvgIpc) is 2.92. The number of hydrogen-bond donors (Lipinski definition) is 2. The maximum absolute atomic E-state index is 9.50. The third-order valence-electron chi connectivity index (χ3n) is 3.45. The van der Waals surface area contributed by atoms with Crippen LogP contribution in [0.3, 0.4) is 0 Å². The van der Waals surface area contributed by atoms with Crippen molar-refractivity contribution in [2.45, 2.75) is 39.3 Å². The molecule has 0 spiro atoms. The van der Waals surface area contributed by atoms with Crippen LogP contribution in [0.15, 0.2) is 40.8 Å². The van der Waals surface area contributed by atoms with E-state index in [2.05, 4.69) is 12.2 Å². The molecule has 0 saturated carbocycles. The molecule has 0 bridgehead atoms. The Morgan fingerprint density at radius 3 is 2.55 bits per heavy atom. The van der Waals surface area contributed by atoms with Crippen molar-refractivity contribution in [3.63, 3.8) is 0 Å². The average molecular weight is 274 g/mol. The smallest absolute Gasteiger partial charge is 0.158 e. The Hall–Kier alpha value is -1.58. The topological polar surface area (TPSA) is 50.0 Å². The molecule has 0 unspecified atom stereocenters. The van der Waals surface area contributed by atoms with Gasteiger partial charge in [-0.1, -0.05) is 37.6 Å². The molecule has 2 rings (SSSR count). The van der Waals surface area contributed by atoms with Crippen LogP contribution in [0.4, 0.5) is 0 Å². The highest BCUT2D eigenvalue weighted by Gasteiger charge is 2.07. The molecule has 0 fully saturated rings. The molecule has 0 aliphatic carbocycles. The third-order valence-corrected chi connectivity index (χ3v) is 3.45. The maximum Gasteiger partial charge on any atom is 0.158 e. The van der Waals surface area contributed by atoms with E-state index in [0.29, 0.717) is 0 Å². The van der Waals surface area contributed by atoms with Gasteiger partial charge in [0.25, 0.3) is 0 Å². The summed E-state index contributed by atoms with van der Waals surface area (Å²) < 4.78 is 5.86. The molecule has 1 atom stereocenters. The fourth-order valence-electron chi connectivity index (χ4n) is 2.16. The molecule has 3 heteroatoms. The van der Waals surface area contributed by atoms with Gasteiger partial charge >= 0.3 is 0 Å². The van der Waals surface area contributed by atoms with Crippen molar-refractivity contribution >= 4 is 0 Å². The van der Waals surface area contributed by atoms with Gasteiger partial charge in [0.15, 0.2) is 5.76 Å². The Balaban J connectivity index is 1.97. The summed E-state index contributed by atoms with van der Waals surface area (Å²) in [6.07, 6.45) is 2.05. The number of quaternary nitrogens is 1. The van der Waals surface area contributed by atoms with E-state index >= 15 is 0 Å². The summed E-state index contributed by atoms with van der Waals surface area (Å²) in [5.74, 6) is 1.90. The second-order valence-electron chi connectivity index (χ2n) is 5.20. The van der Waals surface area contributed by atoms with Crippen LogP contribution in [-0.2, 0) is 6.54 Å². The van der Waals surface area contributed by atoms with E-state index in [0.717, 1.165) is 35.7 Å². The minimum absolute atomic E-state index is 0.427. The normalized spacial score (nSPS) is 12.6. The molecule has 20 heavy (non-hydrogen) atoms. The Bertz CT molecular complexity index is 514. The van der Waals surface area contributed by atoms with Crippen LogP contribution >= 0.6 is 0 Å². The zero-order valence-corrected chi connectivity index (χ0v) is 12.3. The van der Waals surface area contributed by atoms with Gasteiger partial charge in [0, 0.05) is 5.56 Å². The van der Waals surface area contributed by atoms with Crippen molar-refractivity contribution in [1.82, 2.24) is 0 Å². The van der Waals surface area contributed by atoms with Gasteiger partial charge in [0.2, 0.25) is 0 Å². The first-order chi connectivity index (χ1) is 9.70. The van der Waals surface area contributed by atoms with Gasteiger partial charge in [-0.15, -0.1) is 0 Å². The van der Waals surface area contributed by atoms with Crippen molar-refractivity contribution in [2.24, 2.45) is 0 Å². The van der Waals surface area contributed by atoms with E-state index in [1.165, 1.54) is 12.8 Å². The Kier molecular flexibility index (Phi) is 5.39. The number of aliphatic hydroxyl groups is 1. The highest BCUT2D eigenvalue weighted by molar-refractivity contribution is 5.58. The summed E-state index contributed by atoms with van der Waals surface area (Å²) in [4.78, 5) is 0. The van der Waals surface area contributed by atoms with E-state index in [9.17, 15) is 5.11 Å². The van der Waals surface area contributed by atoms with Gasteiger partial charge < -0.3 is 14.8 Å². The number of unbranched alkanes of at least 4 members (excludes halogenated alkanes) is 1. The molecule has 3 nitrogen and oxygen atoms in total. The number of nitrogens with two attached hydrogens (primary N) is 1. The monoisotopic (exact) mass is 274 g/mol. The second-order valence-corrected chi connectivity index (χ2v) is 5.20. The molecule has 0 radical (unpaired) electrons. The molecule has 3 N–H and O–H groups in total. The van der Waals surface area contributed by atoms with E-state index in [-0.39, 0.29) is 0 Å². The zero-order valence-electron chi connectivity index (χ0n) is 12.3. The van der Waals surface area contributed by atoms with Crippen LogP contribution in [0.1, 0.15) is 44.1 Å². The molecule has 1 aromatic heterocycles. The molecular weight excluding hydrogens is 250 g/mol. The maximum atomic E-state index is 9.50. The number of aliphatic hydroxyl groups excluding tert-OH is 1. The SMILES string of the molecule is CCCC[NH2+]Cc1ccc(-c2ccc([C@H](C)O)cc2)o1. The summed E-state index contributed by atoms with van der Waals surface area (Å²) >= 11 is 0. The summed E-state index contributed by atoms with van der Waals surface area (Å²) in [5, 5.41) is 11.8. The largest absolute Gasteiger partial charge is 0.455 e. The van der Waals surface area contributed by atoms with Crippen LogP contribution in [0, 0.1) is 0 Å². The number of benzene rings is 1. The van der Waals surface area contributed by atoms with Gasteiger partial charge in [-0.05, 0) is 31.0 Å². The fraction of sp³-hybridized carbons (Fsp3) is 0.412. The van der Waals surface area contributed by atoms with Crippen LogP contribution in [0.25, 0.3) is 11.3 Å². The Morgan fingerprint density at radius 1 is 1.15 bits per heavy atom. The van der Waals surface area contributed by atoms with Crippen LogP contribution < -0.4 is 5.32 Å². The van der Waals surface area contributed by atoms with Gasteiger partial charge in [0.1, 0.15) is 12.3 Å². The molecule has 0 amide bonds. The van der Waals surface area contributed by atoms with Gasteiger partial charge in [-0.2, -0.15) is 0 Å². The lowest BCUT2D eigenvalue weighted by Gasteiger charge is -2.04. The number of furan rings is 1. The first-order valence-electron chi connectivity index (χ1n) is 7.39. The standard InChI is InChI=1S/C17H23NO2/c1-3-4-11-18-12-16-9-10-17(20-16)15-7-5-14(6-8-15)13(2)19/h5-10,13,18-19H,3-4,11-12H2,1-2H3/p+1/t13-/m0/s1. The van der Waals surface area contributed by atoms with Crippen molar-refractivity contribution in [1.29, 1.82) is 0 Å². The second kappa shape index (κ2) is 7.27. The van der Waals surface area contributed by atoms with E-state index < -0.39 is 6.10 Å². The van der Waals surface area contributed by atoms with Gasteiger partial charge in [-0.25, -0.2) is 0 Å². The molecule has 0 aliphatic rings. The lowest BCUT2D eigenvalue weighted by Crippen LogP contribution is -2.82. The third kappa shape index (κ3) is 3.95. The highest BCUT2D eigenvalue weighted by Crippen LogP contribution is 2.23. The quantitative estimate of drug-likeness (QED) is 0.763. The molecule has 1 aromatic carbocycles. The molecule has 2 aromatic rings. The molecule has 0 saturated heterocycles. The van der Waals surface area contributed by atoms with Crippen LogP contribution in [-0.4, -0.2) is 11.7 Å². The molecule has 108 valence electrons. The highest BCUT2D eigenvalue weighted by atomic mass is 16.3. The molecular formula is C17H24NO2+. The first kappa shape index (κ1) is 14.8. The lowest BCUT2D eigenvalue weighted by molar-refractivity contribution is -0.672. The van der Waals surface area contributed by atoms with E-state index in [1.54, 1.807) is 6.92 Å². The number of rotatable bonds is 7. The predicted octanol–water partition coefficient (Wildman–Crippen LogP) is 2.86. The Labute approximate surface area is 120 Å². The van der Waals surface area contributed by atoms with Crippen LogP contribution in [0.2, 0.25) is 0 Å². The van der Waals surface area contributed by atoms with E-state index in [1.807, 2.05) is 36.4 Å². The van der Waals surface area contributed by atoms with Crippen molar-refractivity contribution in [3.05, 3.63) is 47.7 Å². The summed E-state index contributed by atoms with van der Waals surface area (Å²) in [7, 11) is 0. The van der Waals surface area contributed by atoms with Crippen molar-refractivity contribution in [2.75, 3.05) is 6.54 Å². The minimum atomic E-state index is -0.427. The summed E-state index contributed by atoms with van der Waals surface area (Å²) in [6, 6.07) is 11.9. The minimum Gasteiger partial charge on any atom is -0.455 e. The van der Waals surface area contributed by atoms with Gasteiger partial charge in [0.05, 0.1) is 12.6 Å². The lowest BCUT2D eigenvalue weighted by atomic mass is 10.1. The van der Waals surface area contributed by atoms with Gasteiger partial charge in [-0.3, -0.25) is 0 Å². The Morgan fingerprint density at radius 2 is 1.90 bits per heavy atom. The molecule has 1 heterocycles. The molecule has 0 aliphatic heterocycles. The number of hydrogen-bond acceptors (Lipinski definition) is 2. The predicted molar refractivity (Wildman–Crippen MR) is 80.2 cm³/mol. The zero-order chi connectivity index (χ0) is 14.4. The van der Waals surface area contributed by atoms with Crippen molar-refractivity contribution < 1.29 is 14.8 Å². The summed E-state index contributed by atoms with van der Waals surface area (Å²) in [6.45, 7) is 6.02.